The standard InChI is InChI=1S/C17H19BrFNS/c1-12-6-7-15(19)8-13(12)9-16(20-2)11-21-17-5-3-4-14(18)10-17/h3-8,10,16,20H,9,11H2,1-2H3. The van der Waals surface area contributed by atoms with E-state index in [1.54, 1.807) is 6.07 Å². The number of hydrogen-bond donors (Lipinski definition) is 1. The van der Waals surface area contributed by atoms with Gasteiger partial charge in [-0.2, -0.15) is 0 Å². The van der Waals surface area contributed by atoms with E-state index in [9.17, 15) is 4.39 Å². The van der Waals surface area contributed by atoms with E-state index in [2.05, 4.69) is 33.4 Å². The minimum Gasteiger partial charge on any atom is -0.316 e. The molecule has 1 unspecified atom stereocenters. The Morgan fingerprint density at radius 3 is 2.76 bits per heavy atom. The number of hydrogen-bond acceptors (Lipinski definition) is 2. The van der Waals surface area contributed by atoms with E-state index in [4.69, 9.17) is 0 Å². The molecule has 1 atom stereocenters. The molecular weight excluding hydrogens is 349 g/mol. The van der Waals surface area contributed by atoms with Crippen molar-refractivity contribution in [3.63, 3.8) is 0 Å². The second-order valence-corrected chi connectivity index (χ2v) is 7.04. The van der Waals surface area contributed by atoms with Gasteiger partial charge in [0.15, 0.2) is 0 Å². The number of nitrogens with one attached hydrogen (secondary N) is 1. The summed E-state index contributed by atoms with van der Waals surface area (Å²) >= 11 is 5.30. The SMILES string of the molecule is CNC(CSc1cccc(Br)c1)Cc1cc(F)ccc1C. The van der Waals surface area contributed by atoms with Crippen molar-refractivity contribution in [2.75, 3.05) is 12.8 Å². The monoisotopic (exact) mass is 367 g/mol. The van der Waals surface area contributed by atoms with Crippen molar-refractivity contribution < 1.29 is 4.39 Å². The highest BCUT2D eigenvalue weighted by Gasteiger charge is 2.10. The van der Waals surface area contributed by atoms with Gasteiger partial charge in [0, 0.05) is 21.2 Å². The molecule has 0 aromatic heterocycles. The van der Waals surface area contributed by atoms with Crippen molar-refractivity contribution in [3.8, 4) is 0 Å². The van der Waals surface area contributed by atoms with Crippen molar-refractivity contribution in [2.45, 2.75) is 24.3 Å². The molecular formula is C17H19BrFNS. The normalized spacial score (nSPS) is 12.4. The van der Waals surface area contributed by atoms with Gasteiger partial charge in [-0.25, -0.2) is 4.39 Å². The maximum Gasteiger partial charge on any atom is 0.123 e. The number of likely N-dealkylation sites (N-methyl/N-ethyl adjacent to an activating group) is 1. The van der Waals surface area contributed by atoms with E-state index in [1.807, 2.05) is 43.9 Å². The molecule has 2 aromatic rings. The topological polar surface area (TPSA) is 12.0 Å². The Labute approximate surface area is 138 Å². The molecule has 0 radical (unpaired) electrons. The van der Waals surface area contributed by atoms with Crippen LogP contribution < -0.4 is 5.32 Å². The summed E-state index contributed by atoms with van der Waals surface area (Å²) in [5, 5.41) is 3.33. The lowest BCUT2D eigenvalue weighted by molar-refractivity contribution is 0.601. The first-order chi connectivity index (χ1) is 10.1. The zero-order valence-corrected chi connectivity index (χ0v) is 14.6. The van der Waals surface area contributed by atoms with Crippen LogP contribution in [0.4, 0.5) is 4.39 Å². The van der Waals surface area contributed by atoms with Crippen molar-refractivity contribution in [2.24, 2.45) is 0 Å². The molecule has 0 spiro atoms. The fourth-order valence-corrected chi connectivity index (χ4v) is 3.74. The van der Waals surface area contributed by atoms with Crippen LogP contribution in [0.2, 0.25) is 0 Å². The summed E-state index contributed by atoms with van der Waals surface area (Å²) < 4.78 is 14.5. The number of benzene rings is 2. The molecule has 2 rings (SSSR count). The van der Waals surface area contributed by atoms with Crippen LogP contribution in [0, 0.1) is 12.7 Å². The van der Waals surface area contributed by atoms with E-state index in [0.29, 0.717) is 6.04 Å². The van der Waals surface area contributed by atoms with Crippen LogP contribution in [-0.2, 0) is 6.42 Å². The molecule has 0 aliphatic rings. The van der Waals surface area contributed by atoms with Gasteiger partial charge in [-0.3, -0.25) is 0 Å². The van der Waals surface area contributed by atoms with E-state index >= 15 is 0 Å². The highest BCUT2D eigenvalue weighted by molar-refractivity contribution is 9.10. The Hall–Kier alpha value is -0.840. The number of thioether (sulfide) groups is 1. The molecule has 1 N–H and O–H groups in total. The third-order valence-corrected chi connectivity index (χ3v) is 5.08. The maximum atomic E-state index is 13.4. The molecule has 0 aliphatic heterocycles. The number of aryl methyl sites for hydroxylation is 1. The van der Waals surface area contributed by atoms with Gasteiger partial charge in [-0.05, 0) is 61.9 Å². The molecule has 0 fully saturated rings. The molecule has 0 aliphatic carbocycles. The van der Waals surface area contributed by atoms with Gasteiger partial charge < -0.3 is 5.32 Å². The Kier molecular flexibility index (Phi) is 6.27. The van der Waals surface area contributed by atoms with E-state index in [-0.39, 0.29) is 5.82 Å². The van der Waals surface area contributed by atoms with Gasteiger partial charge in [0.2, 0.25) is 0 Å². The average molecular weight is 368 g/mol. The fourth-order valence-electron chi connectivity index (χ4n) is 2.12. The van der Waals surface area contributed by atoms with Crippen LogP contribution in [0.3, 0.4) is 0 Å². The predicted molar refractivity (Wildman–Crippen MR) is 92.6 cm³/mol. The Balaban J connectivity index is 1.98. The Morgan fingerprint density at radius 2 is 2.05 bits per heavy atom. The highest BCUT2D eigenvalue weighted by Crippen LogP contribution is 2.23. The van der Waals surface area contributed by atoms with Gasteiger partial charge in [0.05, 0.1) is 0 Å². The quantitative estimate of drug-likeness (QED) is 0.734. The number of rotatable bonds is 6. The smallest absolute Gasteiger partial charge is 0.123 e. The van der Waals surface area contributed by atoms with Crippen LogP contribution >= 0.6 is 27.7 Å². The van der Waals surface area contributed by atoms with Crippen LogP contribution in [-0.4, -0.2) is 18.8 Å². The Morgan fingerprint density at radius 1 is 1.24 bits per heavy atom. The molecule has 0 amide bonds. The molecule has 1 nitrogen and oxygen atoms in total. The Bertz CT molecular complexity index is 603. The summed E-state index contributed by atoms with van der Waals surface area (Å²) in [7, 11) is 1.96. The molecule has 112 valence electrons. The van der Waals surface area contributed by atoms with Crippen molar-refractivity contribution >= 4 is 27.7 Å². The summed E-state index contributed by atoms with van der Waals surface area (Å²) in [5.41, 5.74) is 2.22. The first-order valence-electron chi connectivity index (χ1n) is 6.89. The van der Waals surface area contributed by atoms with Crippen molar-refractivity contribution in [1.82, 2.24) is 5.32 Å². The van der Waals surface area contributed by atoms with Gasteiger partial charge in [0.1, 0.15) is 5.82 Å². The lowest BCUT2D eigenvalue weighted by Gasteiger charge is -2.17. The second kappa shape index (κ2) is 7.97. The van der Waals surface area contributed by atoms with Gasteiger partial charge in [-0.15, -0.1) is 11.8 Å². The van der Waals surface area contributed by atoms with Crippen molar-refractivity contribution in [1.29, 1.82) is 0 Å². The first kappa shape index (κ1) is 16.5. The molecule has 0 heterocycles. The van der Waals surface area contributed by atoms with E-state index < -0.39 is 0 Å². The minimum atomic E-state index is -0.162. The summed E-state index contributed by atoms with van der Waals surface area (Å²) in [6.07, 6.45) is 0.834. The third kappa shape index (κ3) is 5.13. The summed E-state index contributed by atoms with van der Waals surface area (Å²) in [6.45, 7) is 2.03. The molecule has 0 saturated heterocycles. The predicted octanol–water partition coefficient (Wildman–Crippen LogP) is 4.82. The first-order valence-corrected chi connectivity index (χ1v) is 8.67. The van der Waals surface area contributed by atoms with Crippen LogP contribution in [0.15, 0.2) is 51.8 Å². The minimum absolute atomic E-state index is 0.162. The van der Waals surface area contributed by atoms with Crippen molar-refractivity contribution in [3.05, 3.63) is 63.9 Å². The molecule has 4 heteroatoms. The summed E-state index contributed by atoms with van der Waals surface area (Å²) in [4.78, 5) is 1.24. The molecule has 21 heavy (non-hydrogen) atoms. The van der Waals surface area contributed by atoms with Crippen LogP contribution in [0.5, 0.6) is 0 Å². The average Bonchev–Trinajstić information content (AvgIpc) is 2.47. The molecule has 0 saturated carbocycles. The largest absolute Gasteiger partial charge is 0.316 e. The highest BCUT2D eigenvalue weighted by atomic mass is 79.9. The molecule has 0 bridgehead atoms. The van der Waals surface area contributed by atoms with Crippen LogP contribution in [0.25, 0.3) is 0 Å². The van der Waals surface area contributed by atoms with Crippen LogP contribution in [0.1, 0.15) is 11.1 Å². The van der Waals surface area contributed by atoms with Gasteiger partial charge in [0.25, 0.3) is 0 Å². The second-order valence-electron chi connectivity index (χ2n) is 5.03. The third-order valence-electron chi connectivity index (χ3n) is 3.43. The summed E-state index contributed by atoms with van der Waals surface area (Å²) in [6, 6.07) is 13.6. The van der Waals surface area contributed by atoms with Gasteiger partial charge in [-0.1, -0.05) is 28.1 Å². The number of halogens is 2. The maximum absolute atomic E-state index is 13.4. The zero-order valence-electron chi connectivity index (χ0n) is 12.2. The van der Waals surface area contributed by atoms with E-state index in [1.165, 1.54) is 11.0 Å². The van der Waals surface area contributed by atoms with Gasteiger partial charge >= 0.3 is 0 Å². The lowest BCUT2D eigenvalue weighted by Crippen LogP contribution is -2.30. The fraction of sp³-hybridized carbons (Fsp3) is 0.294. The molecule has 2 aromatic carbocycles. The van der Waals surface area contributed by atoms with E-state index in [0.717, 1.165) is 27.8 Å². The zero-order chi connectivity index (χ0) is 15.2. The lowest BCUT2D eigenvalue weighted by atomic mass is 10.0. The summed E-state index contributed by atoms with van der Waals surface area (Å²) in [5.74, 6) is 0.785.